The summed E-state index contributed by atoms with van der Waals surface area (Å²) in [6.07, 6.45) is -3.97. The maximum Gasteiger partial charge on any atom is 0.416 e. The lowest BCUT2D eigenvalue weighted by Gasteiger charge is -2.20. The van der Waals surface area contributed by atoms with Gasteiger partial charge < -0.3 is 9.72 Å². The van der Waals surface area contributed by atoms with Crippen molar-refractivity contribution in [3.8, 4) is 0 Å². The Morgan fingerprint density at radius 1 is 1.26 bits per heavy atom. The molecular formula is C15H16F3N3O5S. The normalized spacial score (nSPS) is 20.9. The number of nitrogens with one attached hydrogen (secondary N) is 2. The molecule has 27 heavy (non-hydrogen) atoms. The second-order valence-electron chi connectivity index (χ2n) is 6.54. The van der Waals surface area contributed by atoms with Gasteiger partial charge >= 0.3 is 11.9 Å². The van der Waals surface area contributed by atoms with Gasteiger partial charge in [0.2, 0.25) is 10.0 Å². The zero-order chi connectivity index (χ0) is 20.1. The van der Waals surface area contributed by atoms with Gasteiger partial charge in [-0.15, -0.1) is 0 Å². The van der Waals surface area contributed by atoms with Crippen LogP contribution in [0.3, 0.4) is 0 Å². The largest absolute Gasteiger partial charge is 0.416 e. The lowest BCUT2D eigenvalue weighted by molar-refractivity contribution is -0.138. The topological polar surface area (TPSA) is 110 Å². The first-order valence-electron chi connectivity index (χ1n) is 7.84. The van der Waals surface area contributed by atoms with Crippen LogP contribution in [0.5, 0.6) is 0 Å². The third kappa shape index (κ3) is 3.72. The van der Waals surface area contributed by atoms with Crippen molar-refractivity contribution in [2.45, 2.75) is 19.0 Å². The Balaban J connectivity index is 2.33. The summed E-state index contributed by atoms with van der Waals surface area (Å²) in [5, 5.41) is -0.243. The number of hydrogen-bond donors (Lipinski definition) is 2. The molecule has 1 aliphatic rings. The fourth-order valence-electron chi connectivity index (χ4n) is 3.14. The molecule has 148 valence electrons. The Hall–Kier alpha value is -2.34. The minimum absolute atomic E-state index is 0.0644. The molecule has 0 saturated carbocycles. The summed E-state index contributed by atoms with van der Waals surface area (Å²) < 4.78 is 68.8. The Bertz CT molecular complexity index is 1120. The van der Waals surface area contributed by atoms with Crippen molar-refractivity contribution in [1.29, 1.82) is 0 Å². The molecule has 8 nitrogen and oxygen atoms in total. The van der Waals surface area contributed by atoms with Gasteiger partial charge in [-0.3, -0.25) is 4.79 Å². The Morgan fingerprint density at radius 3 is 2.44 bits per heavy atom. The summed E-state index contributed by atoms with van der Waals surface area (Å²) in [5.74, 6) is -0.795. The number of H-pyrrole nitrogens is 1. The Kier molecular flexibility index (Phi) is 4.58. The third-order valence-corrected chi connectivity index (χ3v) is 4.91. The highest BCUT2D eigenvalue weighted by molar-refractivity contribution is 7.91. The summed E-state index contributed by atoms with van der Waals surface area (Å²) >= 11 is 0. The fraction of sp³-hybridized carbons (Fsp3) is 0.467. The van der Waals surface area contributed by atoms with Crippen LogP contribution >= 0.6 is 0 Å². The maximum atomic E-state index is 13.6. The Labute approximate surface area is 151 Å². The summed E-state index contributed by atoms with van der Waals surface area (Å²) in [5.41, 5.74) is -3.70. The molecule has 3 rings (SSSR count). The van der Waals surface area contributed by atoms with E-state index in [2.05, 4.69) is 4.98 Å². The SMILES string of the molecule is C[C@@H]1COC[C@@H]1c1cc2c(=O)n(NS(C)(=O)=O)c(=O)[nH]c2cc1C(F)(F)F. The van der Waals surface area contributed by atoms with Crippen LogP contribution in [-0.2, 0) is 20.9 Å². The van der Waals surface area contributed by atoms with Crippen LogP contribution < -0.4 is 16.1 Å². The lowest BCUT2D eigenvalue weighted by atomic mass is 9.86. The molecule has 1 aromatic heterocycles. The Morgan fingerprint density at radius 2 is 1.93 bits per heavy atom. The van der Waals surface area contributed by atoms with E-state index in [0.29, 0.717) is 6.07 Å². The third-order valence-electron chi connectivity index (χ3n) is 4.39. The second kappa shape index (κ2) is 6.37. The number of aromatic amines is 1. The number of ether oxygens (including phenoxy) is 1. The molecule has 1 aromatic carbocycles. The van der Waals surface area contributed by atoms with E-state index in [0.717, 1.165) is 12.3 Å². The fourth-order valence-corrected chi connectivity index (χ4v) is 3.64. The molecule has 12 heteroatoms. The van der Waals surface area contributed by atoms with Gasteiger partial charge in [-0.05, 0) is 23.6 Å². The average molecular weight is 407 g/mol. The highest BCUT2D eigenvalue weighted by Crippen LogP contribution is 2.40. The van der Waals surface area contributed by atoms with Crippen LogP contribution in [0.25, 0.3) is 10.9 Å². The molecular weight excluding hydrogens is 391 g/mol. The number of benzene rings is 1. The van der Waals surface area contributed by atoms with E-state index >= 15 is 0 Å². The lowest BCUT2D eigenvalue weighted by Crippen LogP contribution is -2.43. The molecule has 0 bridgehead atoms. The van der Waals surface area contributed by atoms with Crippen LogP contribution in [0.2, 0.25) is 0 Å². The molecule has 1 aliphatic heterocycles. The summed E-state index contributed by atoms with van der Waals surface area (Å²) in [7, 11) is -3.96. The van der Waals surface area contributed by atoms with Crippen molar-refractivity contribution in [2.24, 2.45) is 5.92 Å². The zero-order valence-corrected chi connectivity index (χ0v) is 15.1. The molecule has 2 heterocycles. The number of aromatic nitrogens is 2. The van der Waals surface area contributed by atoms with Crippen molar-refractivity contribution < 1.29 is 26.3 Å². The molecule has 0 unspecified atom stereocenters. The average Bonchev–Trinajstić information content (AvgIpc) is 2.94. The van der Waals surface area contributed by atoms with Gasteiger partial charge in [-0.25, -0.2) is 18.0 Å². The van der Waals surface area contributed by atoms with E-state index in [-0.39, 0.29) is 40.3 Å². The number of nitrogens with zero attached hydrogens (tertiary/aromatic N) is 1. The smallest absolute Gasteiger partial charge is 0.381 e. The van der Waals surface area contributed by atoms with Crippen LogP contribution in [0.1, 0.15) is 24.0 Å². The molecule has 0 amide bonds. The first kappa shape index (κ1) is 19.4. The first-order valence-corrected chi connectivity index (χ1v) is 9.73. The van der Waals surface area contributed by atoms with Gasteiger partial charge in [0.15, 0.2) is 0 Å². The number of halogens is 3. The number of sulfonamides is 1. The van der Waals surface area contributed by atoms with Crippen molar-refractivity contribution in [3.63, 3.8) is 0 Å². The van der Waals surface area contributed by atoms with E-state index < -0.39 is 38.9 Å². The van der Waals surface area contributed by atoms with Crippen LogP contribution in [-0.4, -0.2) is 37.5 Å². The van der Waals surface area contributed by atoms with E-state index in [4.69, 9.17) is 4.74 Å². The minimum Gasteiger partial charge on any atom is -0.381 e. The molecule has 2 atom stereocenters. The second-order valence-corrected chi connectivity index (χ2v) is 8.27. The van der Waals surface area contributed by atoms with E-state index in [1.807, 2.05) is 0 Å². The van der Waals surface area contributed by atoms with Gasteiger partial charge in [-0.2, -0.15) is 17.8 Å². The summed E-state index contributed by atoms with van der Waals surface area (Å²) in [6.45, 7) is 2.08. The number of alkyl halides is 3. The summed E-state index contributed by atoms with van der Waals surface area (Å²) in [4.78, 5) is 28.4. The van der Waals surface area contributed by atoms with Crippen molar-refractivity contribution >= 4 is 20.9 Å². The van der Waals surface area contributed by atoms with Crippen molar-refractivity contribution in [1.82, 2.24) is 9.66 Å². The summed E-state index contributed by atoms with van der Waals surface area (Å²) in [6, 6.07) is 1.75. The molecule has 0 aliphatic carbocycles. The van der Waals surface area contributed by atoms with Gasteiger partial charge in [-0.1, -0.05) is 6.92 Å². The van der Waals surface area contributed by atoms with Gasteiger partial charge in [0, 0.05) is 12.5 Å². The van der Waals surface area contributed by atoms with Crippen molar-refractivity contribution in [3.05, 3.63) is 44.1 Å². The standard InChI is InChI=1S/C15H16F3N3O5S/c1-7-5-26-6-10(7)8-3-9-12(4-11(8)15(16,17)18)19-14(23)21(13(9)22)20-27(2,24)25/h3-4,7,10,20H,5-6H2,1-2H3,(H,19,23)/t7-,10+/m1/s1. The van der Waals surface area contributed by atoms with Gasteiger partial charge in [0.25, 0.3) is 5.56 Å². The van der Waals surface area contributed by atoms with Gasteiger partial charge in [0.05, 0.1) is 29.3 Å². The van der Waals surface area contributed by atoms with E-state index in [1.54, 1.807) is 11.8 Å². The predicted octanol–water partition coefficient (Wildman–Crippen LogP) is 0.962. The predicted molar refractivity (Wildman–Crippen MR) is 90.8 cm³/mol. The molecule has 1 saturated heterocycles. The number of rotatable bonds is 3. The molecule has 2 N–H and O–H groups in total. The van der Waals surface area contributed by atoms with Crippen LogP contribution in [0.15, 0.2) is 21.7 Å². The highest BCUT2D eigenvalue weighted by Gasteiger charge is 2.38. The number of fused-ring (bicyclic) bond motifs is 1. The number of hydrogen-bond acceptors (Lipinski definition) is 5. The maximum absolute atomic E-state index is 13.6. The molecule has 0 radical (unpaired) electrons. The zero-order valence-electron chi connectivity index (χ0n) is 14.3. The van der Waals surface area contributed by atoms with E-state index in [1.165, 1.54) is 0 Å². The molecule has 2 aromatic rings. The van der Waals surface area contributed by atoms with Crippen LogP contribution in [0, 0.1) is 5.92 Å². The molecule has 1 fully saturated rings. The quantitative estimate of drug-likeness (QED) is 0.788. The van der Waals surface area contributed by atoms with Crippen LogP contribution in [0.4, 0.5) is 13.2 Å². The van der Waals surface area contributed by atoms with E-state index in [9.17, 15) is 31.2 Å². The monoisotopic (exact) mass is 407 g/mol. The van der Waals surface area contributed by atoms with Crippen molar-refractivity contribution in [2.75, 3.05) is 24.3 Å². The first-order chi connectivity index (χ1) is 12.4. The molecule has 0 spiro atoms. The minimum atomic E-state index is -4.71. The van der Waals surface area contributed by atoms with Gasteiger partial charge in [0.1, 0.15) is 0 Å². The highest BCUT2D eigenvalue weighted by atomic mass is 32.2.